The molecular formula is C16H24Cl2N2O. The van der Waals surface area contributed by atoms with E-state index in [9.17, 15) is 5.11 Å². The normalized spacial score (nSPS) is 21.1. The third kappa shape index (κ3) is 3.84. The van der Waals surface area contributed by atoms with Gasteiger partial charge in [-0.3, -0.25) is 9.80 Å². The number of piperazine rings is 1. The molecule has 3 nitrogen and oxygen atoms in total. The molecule has 0 aromatic heterocycles. The number of rotatable bonds is 4. The van der Waals surface area contributed by atoms with Crippen LogP contribution in [0.2, 0.25) is 10.0 Å². The van der Waals surface area contributed by atoms with Crippen molar-refractivity contribution in [1.82, 2.24) is 9.80 Å². The van der Waals surface area contributed by atoms with E-state index in [1.807, 2.05) is 0 Å². The molecule has 1 aliphatic heterocycles. The molecule has 0 radical (unpaired) electrons. The first-order valence-corrected chi connectivity index (χ1v) is 8.33. The molecule has 1 fully saturated rings. The van der Waals surface area contributed by atoms with Gasteiger partial charge in [-0.25, -0.2) is 0 Å². The molecule has 0 amide bonds. The zero-order valence-corrected chi connectivity index (χ0v) is 14.5. The minimum absolute atomic E-state index is 0.101. The molecule has 1 N–H and O–H groups in total. The standard InChI is InChI=1S/C16H24Cl2N2O/c1-4-12-9-19(7-8-20(12)11(2)3)10-13-14(17)5-6-15(21)16(13)18/h5-6,11-12,21H,4,7-10H2,1-3H3. The largest absolute Gasteiger partial charge is 0.506 e. The van der Waals surface area contributed by atoms with E-state index in [1.54, 1.807) is 12.1 Å². The van der Waals surface area contributed by atoms with Crippen LogP contribution in [0.3, 0.4) is 0 Å². The Bertz CT molecular complexity index is 493. The molecular weight excluding hydrogens is 307 g/mol. The van der Waals surface area contributed by atoms with Gasteiger partial charge in [0.15, 0.2) is 0 Å². The number of hydrogen-bond acceptors (Lipinski definition) is 3. The van der Waals surface area contributed by atoms with E-state index in [0.29, 0.717) is 28.7 Å². The number of phenolic OH excluding ortho intramolecular Hbond substituents is 1. The zero-order chi connectivity index (χ0) is 15.6. The van der Waals surface area contributed by atoms with Gasteiger partial charge >= 0.3 is 0 Å². The molecule has 1 aromatic rings. The molecule has 2 rings (SSSR count). The van der Waals surface area contributed by atoms with E-state index in [1.165, 1.54) is 0 Å². The summed E-state index contributed by atoms with van der Waals surface area (Å²) >= 11 is 12.4. The van der Waals surface area contributed by atoms with Gasteiger partial charge in [0.1, 0.15) is 5.75 Å². The maximum atomic E-state index is 9.75. The number of benzene rings is 1. The van der Waals surface area contributed by atoms with Crippen LogP contribution in [0.5, 0.6) is 5.75 Å². The van der Waals surface area contributed by atoms with Crippen molar-refractivity contribution in [2.45, 2.75) is 45.8 Å². The lowest BCUT2D eigenvalue weighted by Crippen LogP contribution is -2.54. The van der Waals surface area contributed by atoms with Crippen molar-refractivity contribution in [3.05, 3.63) is 27.7 Å². The van der Waals surface area contributed by atoms with Crippen LogP contribution in [0, 0.1) is 0 Å². The third-order valence-electron chi connectivity index (χ3n) is 4.29. The van der Waals surface area contributed by atoms with Gasteiger partial charge in [-0.15, -0.1) is 0 Å². The van der Waals surface area contributed by atoms with Crippen molar-refractivity contribution in [3.8, 4) is 5.75 Å². The van der Waals surface area contributed by atoms with Gasteiger partial charge in [-0.1, -0.05) is 30.1 Å². The predicted octanol–water partition coefficient (Wildman–Crippen LogP) is 4.00. The summed E-state index contributed by atoms with van der Waals surface area (Å²) < 4.78 is 0. The Balaban J connectivity index is 2.10. The van der Waals surface area contributed by atoms with Crippen LogP contribution < -0.4 is 0 Å². The summed E-state index contributed by atoms with van der Waals surface area (Å²) in [5.74, 6) is 0.101. The molecule has 1 saturated heterocycles. The summed E-state index contributed by atoms with van der Waals surface area (Å²) in [6.45, 7) is 10.5. The molecule has 0 saturated carbocycles. The Kier molecular flexibility index (Phi) is 5.78. The van der Waals surface area contributed by atoms with Crippen LogP contribution in [-0.4, -0.2) is 46.6 Å². The quantitative estimate of drug-likeness (QED) is 0.903. The van der Waals surface area contributed by atoms with Crippen molar-refractivity contribution in [1.29, 1.82) is 0 Å². The molecule has 5 heteroatoms. The van der Waals surface area contributed by atoms with E-state index < -0.39 is 0 Å². The van der Waals surface area contributed by atoms with Gasteiger partial charge < -0.3 is 5.11 Å². The minimum Gasteiger partial charge on any atom is -0.506 e. The monoisotopic (exact) mass is 330 g/mol. The highest BCUT2D eigenvalue weighted by atomic mass is 35.5. The Morgan fingerprint density at radius 1 is 1.29 bits per heavy atom. The summed E-state index contributed by atoms with van der Waals surface area (Å²) in [6.07, 6.45) is 1.14. The molecule has 0 aliphatic carbocycles. The second-order valence-electron chi connectivity index (χ2n) is 5.99. The maximum absolute atomic E-state index is 9.75. The number of hydrogen-bond donors (Lipinski definition) is 1. The Labute approximate surface area is 137 Å². The minimum atomic E-state index is 0.101. The Hall–Kier alpha value is -0.480. The molecule has 1 heterocycles. The predicted molar refractivity (Wildman–Crippen MR) is 89.3 cm³/mol. The topological polar surface area (TPSA) is 26.7 Å². The van der Waals surface area contributed by atoms with Crippen molar-refractivity contribution in [3.63, 3.8) is 0 Å². The van der Waals surface area contributed by atoms with Crippen molar-refractivity contribution >= 4 is 23.2 Å². The second-order valence-corrected chi connectivity index (χ2v) is 6.77. The lowest BCUT2D eigenvalue weighted by molar-refractivity contribution is 0.0457. The molecule has 1 aliphatic rings. The van der Waals surface area contributed by atoms with Gasteiger partial charge in [-0.05, 0) is 32.4 Å². The van der Waals surface area contributed by atoms with E-state index in [4.69, 9.17) is 23.2 Å². The number of nitrogens with zero attached hydrogens (tertiary/aromatic N) is 2. The van der Waals surface area contributed by atoms with Crippen molar-refractivity contribution in [2.24, 2.45) is 0 Å². The second kappa shape index (κ2) is 7.19. The molecule has 1 unspecified atom stereocenters. The Morgan fingerprint density at radius 2 is 2.00 bits per heavy atom. The van der Waals surface area contributed by atoms with E-state index in [2.05, 4.69) is 30.6 Å². The highest BCUT2D eigenvalue weighted by molar-refractivity contribution is 6.36. The van der Waals surface area contributed by atoms with Crippen LogP contribution in [0.1, 0.15) is 32.8 Å². The van der Waals surface area contributed by atoms with Crippen molar-refractivity contribution < 1.29 is 5.11 Å². The van der Waals surface area contributed by atoms with E-state index in [0.717, 1.165) is 31.6 Å². The molecule has 1 aromatic carbocycles. The number of aromatic hydroxyl groups is 1. The molecule has 118 valence electrons. The van der Waals surface area contributed by atoms with Gasteiger partial charge in [0.25, 0.3) is 0 Å². The van der Waals surface area contributed by atoms with Crippen LogP contribution in [0.25, 0.3) is 0 Å². The average molecular weight is 331 g/mol. The first-order chi connectivity index (χ1) is 9.93. The van der Waals surface area contributed by atoms with Crippen LogP contribution in [0.4, 0.5) is 0 Å². The average Bonchev–Trinajstić information content (AvgIpc) is 2.47. The SMILES string of the molecule is CCC1CN(Cc2c(Cl)ccc(O)c2Cl)CCN1C(C)C. The van der Waals surface area contributed by atoms with E-state index >= 15 is 0 Å². The fourth-order valence-corrected chi connectivity index (χ4v) is 3.56. The van der Waals surface area contributed by atoms with Crippen molar-refractivity contribution in [2.75, 3.05) is 19.6 Å². The first kappa shape index (κ1) is 16.9. The number of halogens is 2. The zero-order valence-electron chi connectivity index (χ0n) is 12.9. The highest BCUT2D eigenvalue weighted by Crippen LogP contribution is 2.33. The highest BCUT2D eigenvalue weighted by Gasteiger charge is 2.28. The van der Waals surface area contributed by atoms with Crippen LogP contribution in [0.15, 0.2) is 12.1 Å². The van der Waals surface area contributed by atoms with E-state index in [-0.39, 0.29) is 5.75 Å². The summed E-state index contributed by atoms with van der Waals surface area (Å²) in [6, 6.07) is 4.39. The van der Waals surface area contributed by atoms with Crippen LogP contribution in [-0.2, 0) is 6.54 Å². The lowest BCUT2D eigenvalue weighted by Gasteiger charge is -2.43. The third-order valence-corrected chi connectivity index (χ3v) is 5.07. The first-order valence-electron chi connectivity index (χ1n) is 7.58. The maximum Gasteiger partial charge on any atom is 0.134 e. The molecule has 0 bridgehead atoms. The summed E-state index contributed by atoms with van der Waals surface area (Å²) in [5.41, 5.74) is 0.825. The fourth-order valence-electron chi connectivity index (χ4n) is 3.07. The fraction of sp³-hybridized carbons (Fsp3) is 0.625. The summed E-state index contributed by atoms with van der Waals surface area (Å²) in [7, 11) is 0. The summed E-state index contributed by atoms with van der Waals surface area (Å²) in [5, 5.41) is 10.7. The Morgan fingerprint density at radius 3 is 2.62 bits per heavy atom. The lowest BCUT2D eigenvalue weighted by atomic mass is 10.1. The van der Waals surface area contributed by atoms with Gasteiger partial charge in [0, 0.05) is 48.8 Å². The smallest absolute Gasteiger partial charge is 0.134 e. The van der Waals surface area contributed by atoms with Gasteiger partial charge in [0.05, 0.1) is 5.02 Å². The van der Waals surface area contributed by atoms with Crippen LogP contribution >= 0.6 is 23.2 Å². The molecule has 21 heavy (non-hydrogen) atoms. The van der Waals surface area contributed by atoms with Gasteiger partial charge in [0.2, 0.25) is 0 Å². The number of phenols is 1. The van der Waals surface area contributed by atoms with Gasteiger partial charge in [-0.2, -0.15) is 0 Å². The molecule has 0 spiro atoms. The summed E-state index contributed by atoms with van der Waals surface area (Å²) in [4.78, 5) is 4.93. The molecule has 1 atom stereocenters.